The van der Waals surface area contributed by atoms with Crippen molar-refractivity contribution in [2.24, 2.45) is 0 Å². The fraction of sp³-hybridized carbons (Fsp3) is 0.556. The predicted molar refractivity (Wildman–Crippen MR) is 95.6 cm³/mol. The van der Waals surface area contributed by atoms with Crippen LogP contribution in [0.5, 0.6) is 0 Å². The van der Waals surface area contributed by atoms with E-state index in [-0.39, 0.29) is 46.5 Å². The summed E-state index contributed by atoms with van der Waals surface area (Å²) < 4.78 is 0.319. The standard InChI is InChI=1S/C18H27SSi.2ClH.Ti/c1-6-13-19-18(12-11-15(2)14-16(18)3)20(4,5)17-9-7-8-10-17;;;/h7,9,11,14H,6,8,12-13H2,1-5H3;2*1H;/q-1;;;+3/p-2. The molecule has 0 saturated carbocycles. The van der Waals surface area contributed by atoms with Crippen LogP contribution in [0.1, 0.15) is 40.0 Å². The Balaban J connectivity index is 0. The Labute approximate surface area is 175 Å². The molecule has 2 aliphatic carbocycles. The fourth-order valence-corrected chi connectivity index (χ4v) is 9.72. The average Bonchev–Trinajstić information content (AvgIpc) is 2.92. The Hall–Kier alpha value is 0.821. The Kier molecular flexibility index (Phi) is 12.2. The summed E-state index contributed by atoms with van der Waals surface area (Å²) in [7, 11) is -1.58. The number of rotatable bonds is 5. The summed E-state index contributed by atoms with van der Waals surface area (Å²) >= 11 is 2.20. The topological polar surface area (TPSA) is 0 Å². The van der Waals surface area contributed by atoms with Crippen molar-refractivity contribution in [1.82, 2.24) is 0 Å². The van der Waals surface area contributed by atoms with Crippen LogP contribution in [0.4, 0.5) is 0 Å². The Morgan fingerprint density at radius 3 is 2.39 bits per heavy atom. The monoisotopic (exact) mass is 421 g/mol. The first-order valence-corrected chi connectivity index (χ1v) is 11.7. The van der Waals surface area contributed by atoms with E-state index in [2.05, 4.69) is 76.0 Å². The van der Waals surface area contributed by atoms with Crippen LogP contribution in [0.3, 0.4) is 0 Å². The van der Waals surface area contributed by atoms with Gasteiger partial charge in [-0.25, -0.2) is 11.3 Å². The molecule has 0 spiro atoms. The Morgan fingerprint density at radius 2 is 1.91 bits per heavy atom. The van der Waals surface area contributed by atoms with Gasteiger partial charge in [-0.3, -0.25) is 6.08 Å². The van der Waals surface area contributed by atoms with Crippen LogP contribution < -0.4 is 24.8 Å². The first-order valence-electron chi connectivity index (χ1n) is 7.71. The third kappa shape index (κ3) is 5.15. The van der Waals surface area contributed by atoms with E-state index in [1.807, 2.05) is 0 Å². The van der Waals surface area contributed by atoms with Crippen LogP contribution in [0.15, 0.2) is 40.6 Å². The van der Waals surface area contributed by atoms with Crippen molar-refractivity contribution in [2.45, 2.75) is 57.5 Å². The third-order valence-electron chi connectivity index (χ3n) is 4.72. The minimum Gasteiger partial charge on any atom is -1.00 e. The van der Waals surface area contributed by atoms with Gasteiger partial charge in [0.25, 0.3) is 0 Å². The van der Waals surface area contributed by atoms with E-state index in [1.54, 1.807) is 5.57 Å². The van der Waals surface area contributed by atoms with Gasteiger partial charge >= 0.3 is 21.7 Å². The molecule has 0 aromatic rings. The van der Waals surface area contributed by atoms with Crippen molar-refractivity contribution in [3.63, 3.8) is 0 Å². The van der Waals surface area contributed by atoms with E-state index < -0.39 is 8.07 Å². The number of hydrogen-bond donors (Lipinski definition) is 0. The largest absolute Gasteiger partial charge is 3.00 e. The number of halogens is 2. The summed E-state index contributed by atoms with van der Waals surface area (Å²) in [6.07, 6.45) is 16.6. The van der Waals surface area contributed by atoms with Crippen LogP contribution in [0.25, 0.3) is 0 Å². The van der Waals surface area contributed by atoms with Crippen molar-refractivity contribution in [3.8, 4) is 0 Å². The second-order valence-corrected chi connectivity index (χ2v) is 12.9. The molecule has 0 aromatic heterocycles. The van der Waals surface area contributed by atoms with Crippen molar-refractivity contribution < 1.29 is 46.5 Å². The van der Waals surface area contributed by atoms with Crippen molar-refractivity contribution in [1.29, 1.82) is 0 Å². The normalized spacial score (nSPS) is 22.9. The maximum absolute atomic E-state index is 3.63. The van der Waals surface area contributed by atoms with Gasteiger partial charge < -0.3 is 24.8 Å². The molecule has 1 atom stereocenters. The second kappa shape index (κ2) is 10.7. The predicted octanol–water partition coefficient (Wildman–Crippen LogP) is -0.354. The third-order valence-corrected chi connectivity index (χ3v) is 12.6. The molecule has 0 bridgehead atoms. The van der Waals surface area contributed by atoms with Crippen molar-refractivity contribution in [3.05, 3.63) is 46.7 Å². The first kappa shape index (κ1) is 26.1. The zero-order valence-corrected chi connectivity index (χ0v) is 19.7. The summed E-state index contributed by atoms with van der Waals surface area (Å²) in [6.45, 7) is 12.0. The SMILES string of the molecule is CCCSC1([Si](C)(C)C2=[C-]CC=C2)CC=C(C)C=C1C.[Cl-].[Cl-].[Ti+3]. The summed E-state index contributed by atoms with van der Waals surface area (Å²) in [5.74, 6) is 1.26. The molecule has 1 radical (unpaired) electrons. The van der Waals surface area contributed by atoms with Gasteiger partial charge in [-0.15, -0.1) is 6.42 Å². The quantitative estimate of drug-likeness (QED) is 0.431. The molecule has 127 valence electrons. The van der Waals surface area contributed by atoms with E-state index in [1.165, 1.54) is 29.4 Å². The summed E-state index contributed by atoms with van der Waals surface area (Å²) in [5.41, 5.74) is 3.02. The zero-order chi connectivity index (χ0) is 14.8. The molecule has 0 saturated heterocycles. The van der Waals surface area contributed by atoms with Crippen LogP contribution in [-0.2, 0) is 21.7 Å². The van der Waals surface area contributed by atoms with Crippen molar-refractivity contribution in [2.75, 3.05) is 5.75 Å². The molecule has 0 aromatic carbocycles. The smallest absolute Gasteiger partial charge is 1.00 e. The minimum atomic E-state index is -1.58. The van der Waals surface area contributed by atoms with Gasteiger partial charge in [0.2, 0.25) is 0 Å². The molecule has 23 heavy (non-hydrogen) atoms. The van der Waals surface area contributed by atoms with Gasteiger partial charge in [0, 0.05) is 4.37 Å². The number of hydrogen-bond acceptors (Lipinski definition) is 1. The molecule has 0 heterocycles. The molecule has 0 fully saturated rings. The van der Waals surface area contributed by atoms with Crippen LogP contribution in [0, 0.1) is 6.08 Å². The first-order chi connectivity index (χ1) is 9.44. The molecule has 0 aliphatic heterocycles. The number of thioether (sulfide) groups is 1. The molecule has 5 heteroatoms. The van der Waals surface area contributed by atoms with E-state index >= 15 is 0 Å². The van der Waals surface area contributed by atoms with Crippen molar-refractivity contribution >= 4 is 19.8 Å². The van der Waals surface area contributed by atoms with Gasteiger partial charge in [-0.05, 0) is 32.4 Å². The summed E-state index contributed by atoms with van der Waals surface area (Å²) in [4.78, 5) is 0. The molecular formula is C18H27Cl2SSiTi. The molecule has 0 amide bonds. The van der Waals surface area contributed by atoms with E-state index in [9.17, 15) is 0 Å². The molecule has 0 N–H and O–H groups in total. The van der Waals surface area contributed by atoms with Gasteiger partial charge in [0.05, 0.1) is 8.07 Å². The molecule has 2 aliphatic rings. The maximum Gasteiger partial charge on any atom is 3.00 e. The van der Waals surface area contributed by atoms with E-state index in [0.717, 1.165) is 6.42 Å². The molecule has 0 nitrogen and oxygen atoms in total. The molecular weight excluding hydrogens is 395 g/mol. The summed E-state index contributed by atoms with van der Waals surface area (Å²) in [5, 5.41) is 1.53. The Morgan fingerprint density at radius 1 is 1.26 bits per heavy atom. The van der Waals surface area contributed by atoms with Crippen LogP contribution in [-0.4, -0.2) is 18.2 Å². The van der Waals surface area contributed by atoms with Gasteiger partial charge in [-0.1, -0.05) is 43.3 Å². The minimum absolute atomic E-state index is 0. The second-order valence-electron chi connectivity index (χ2n) is 6.48. The fourth-order valence-electron chi connectivity index (χ4n) is 3.41. The summed E-state index contributed by atoms with van der Waals surface area (Å²) in [6, 6.07) is 0. The average molecular weight is 422 g/mol. The number of allylic oxidation sites excluding steroid dienone is 7. The molecule has 2 rings (SSSR count). The van der Waals surface area contributed by atoms with E-state index in [0.29, 0.717) is 4.37 Å². The van der Waals surface area contributed by atoms with Crippen LogP contribution in [0.2, 0.25) is 13.1 Å². The molecule has 1 unspecified atom stereocenters. The zero-order valence-electron chi connectivity index (χ0n) is 14.8. The van der Waals surface area contributed by atoms with Gasteiger partial charge in [-0.2, -0.15) is 17.8 Å². The van der Waals surface area contributed by atoms with E-state index in [4.69, 9.17) is 0 Å². The van der Waals surface area contributed by atoms with Gasteiger partial charge in [0.1, 0.15) is 0 Å². The maximum atomic E-state index is 3.63. The van der Waals surface area contributed by atoms with Gasteiger partial charge in [0.15, 0.2) is 0 Å². The van der Waals surface area contributed by atoms with Crippen LogP contribution >= 0.6 is 11.8 Å². The Bertz CT molecular complexity index is 509.